The standard InChI is InChI=1S/C21H22N2O2S2/c1-13-17(20(24)25)19(23-18(22-13)16-6-5-11-26-16)27-12-14-7-9-15(10-8-14)21(2,3)4/h5-11H,12H2,1-4H3,(H,24,25). The van der Waals surface area contributed by atoms with Gasteiger partial charge < -0.3 is 5.11 Å². The lowest BCUT2D eigenvalue weighted by Crippen LogP contribution is -2.10. The van der Waals surface area contributed by atoms with Gasteiger partial charge in [-0.15, -0.1) is 23.1 Å². The summed E-state index contributed by atoms with van der Waals surface area (Å²) < 4.78 is 0. The van der Waals surface area contributed by atoms with Gasteiger partial charge in [-0.1, -0.05) is 51.1 Å². The van der Waals surface area contributed by atoms with E-state index in [-0.39, 0.29) is 11.0 Å². The number of aryl methyl sites for hydroxylation is 1. The predicted octanol–water partition coefficient (Wildman–Crippen LogP) is 5.80. The molecule has 3 aromatic rings. The van der Waals surface area contributed by atoms with Crippen LogP contribution in [0.25, 0.3) is 10.7 Å². The quantitative estimate of drug-likeness (QED) is 0.434. The summed E-state index contributed by atoms with van der Waals surface area (Å²) in [5.41, 5.74) is 3.21. The van der Waals surface area contributed by atoms with Gasteiger partial charge >= 0.3 is 5.97 Å². The van der Waals surface area contributed by atoms with Crippen molar-refractivity contribution in [2.45, 2.75) is 43.9 Å². The van der Waals surface area contributed by atoms with Crippen molar-refractivity contribution >= 4 is 29.1 Å². The number of carbonyl (C=O) groups is 1. The number of hydrogen-bond donors (Lipinski definition) is 1. The summed E-state index contributed by atoms with van der Waals surface area (Å²) in [6, 6.07) is 12.4. The lowest BCUT2D eigenvalue weighted by atomic mass is 9.87. The summed E-state index contributed by atoms with van der Waals surface area (Å²) >= 11 is 2.98. The van der Waals surface area contributed by atoms with Crippen molar-refractivity contribution in [2.75, 3.05) is 0 Å². The largest absolute Gasteiger partial charge is 0.478 e. The number of aromatic carboxylic acids is 1. The summed E-state index contributed by atoms with van der Waals surface area (Å²) in [6.45, 7) is 8.29. The van der Waals surface area contributed by atoms with E-state index in [2.05, 4.69) is 55.0 Å². The highest BCUT2D eigenvalue weighted by atomic mass is 32.2. The van der Waals surface area contributed by atoms with Gasteiger partial charge in [0.2, 0.25) is 0 Å². The molecule has 0 radical (unpaired) electrons. The Balaban J connectivity index is 1.88. The van der Waals surface area contributed by atoms with E-state index < -0.39 is 5.97 Å². The van der Waals surface area contributed by atoms with Crippen LogP contribution in [0.3, 0.4) is 0 Å². The fraction of sp³-hybridized carbons (Fsp3) is 0.286. The van der Waals surface area contributed by atoms with Crippen LogP contribution in [0.1, 0.15) is 48.0 Å². The first-order chi connectivity index (χ1) is 12.8. The Morgan fingerprint density at radius 3 is 2.41 bits per heavy atom. The van der Waals surface area contributed by atoms with Crippen LogP contribution in [0.4, 0.5) is 0 Å². The highest BCUT2D eigenvalue weighted by molar-refractivity contribution is 7.98. The average Bonchev–Trinajstić information content (AvgIpc) is 3.13. The lowest BCUT2D eigenvalue weighted by molar-refractivity contribution is 0.0690. The zero-order valence-electron chi connectivity index (χ0n) is 15.8. The van der Waals surface area contributed by atoms with E-state index in [1.807, 2.05) is 17.5 Å². The molecule has 2 aromatic heterocycles. The third-order valence-electron chi connectivity index (χ3n) is 4.21. The molecule has 140 valence electrons. The predicted molar refractivity (Wildman–Crippen MR) is 112 cm³/mol. The van der Waals surface area contributed by atoms with Crippen molar-refractivity contribution in [3.8, 4) is 10.7 Å². The summed E-state index contributed by atoms with van der Waals surface area (Å²) in [4.78, 5) is 21.6. The van der Waals surface area contributed by atoms with E-state index in [1.54, 1.807) is 18.3 Å². The van der Waals surface area contributed by atoms with Crippen molar-refractivity contribution in [2.24, 2.45) is 0 Å². The van der Waals surface area contributed by atoms with E-state index in [4.69, 9.17) is 0 Å². The molecule has 2 heterocycles. The van der Waals surface area contributed by atoms with Crippen LogP contribution in [-0.4, -0.2) is 21.0 Å². The zero-order valence-corrected chi connectivity index (χ0v) is 17.4. The third-order valence-corrected chi connectivity index (χ3v) is 6.12. The molecule has 27 heavy (non-hydrogen) atoms. The molecule has 0 fully saturated rings. The fourth-order valence-electron chi connectivity index (χ4n) is 2.67. The van der Waals surface area contributed by atoms with Crippen molar-refractivity contribution in [3.05, 3.63) is 64.2 Å². The molecular weight excluding hydrogens is 376 g/mol. The number of benzene rings is 1. The molecule has 3 rings (SSSR count). The molecule has 1 aromatic carbocycles. The van der Waals surface area contributed by atoms with Gasteiger partial charge in [0, 0.05) is 5.75 Å². The molecule has 0 spiro atoms. The van der Waals surface area contributed by atoms with Crippen LogP contribution in [-0.2, 0) is 11.2 Å². The maximum atomic E-state index is 11.7. The lowest BCUT2D eigenvalue weighted by Gasteiger charge is -2.19. The molecule has 0 aliphatic heterocycles. The highest BCUT2D eigenvalue weighted by Gasteiger charge is 2.20. The van der Waals surface area contributed by atoms with E-state index >= 15 is 0 Å². The first kappa shape index (κ1) is 19.6. The van der Waals surface area contributed by atoms with E-state index in [1.165, 1.54) is 17.3 Å². The van der Waals surface area contributed by atoms with Gasteiger partial charge in [0.1, 0.15) is 10.6 Å². The number of hydrogen-bond acceptors (Lipinski definition) is 5. The molecule has 0 aliphatic rings. The number of thioether (sulfide) groups is 1. The zero-order chi connectivity index (χ0) is 19.6. The third kappa shape index (κ3) is 4.57. The highest BCUT2D eigenvalue weighted by Crippen LogP contribution is 2.31. The Labute approximate surface area is 167 Å². The maximum Gasteiger partial charge on any atom is 0.340 e. The average molecular weight is 399 g/mol. The molecule has 0 aliphatic carbocycles. The Bertz CT molecular complexity index is 944. The number of aromatic nitrogens is 2. The summed E-state index contributed by atoms with van der Waals surface area (Å²) in [5.74, 6) is 0.249. The minimum absolute atomic E-state index is 0.113. The van der Waals surface area contributed by atoms with Crippen molar-refractivity contribution in [1.29, 1.82) is 0 Å². The molecule has 0 saturated heterocycles. The molecule has 1 N–H and O–H groups in total. The number of carboxylic acid groups (broad SMARTS) is 1. The van der Waals surface area contributed by atoms with E-state index in [0.29, 0.717) is 22.3 Å². The molecule has 0 atom stereocenters. The van der Waals surface area contributed by atoms with Gasteiger partial charge in [0.25, 0.3) is 0 Å². The molecular formula is C21H22N2O2S2. The molecule has 6 heteroatoms. The Hall–Kier alpha value is -2.18. The second-order valence-corrected chi connectivity index (χ2v) is 9.24. The number of thiophene rings is 1. The Morgan fingerprint density at radius 2 is 1.85 bits per heavy atom. The van der Waals surface area contributed by atoms with Gasteiger partial charge in [0.15, 0.2) is 5.82 Å². The van der Waals surface area contributed by atoms with Gasteiger partial charge in [0.05, 0.1) is 10.6 Å². The number of rotatable bonds is 5. The maximum absolute atomic E-state index is 11.7. The first-order valence-corrected chi connectivity index (χ1v) is 10.5. The Morgan fingerprint density at radius 1 is 1.15 bits per heavy atom. The van der Waals surface area contributed by atoms with Gasteiger partial charge in [-0.2, -0.15) is 0 Å². The topological polar surface area (TPSA) is 63.1 Å². The van der Waals surface area contributed by atoms with Crippen LogP contribution in [0.5, 0.6) is 0 Å². The first-order valence-electron chi connectivity index (χ1n) is 8.64. The molecule has 0 bridgehead atoms. The van der Waals surface area contributed by atoms with Gasteiger partial charge in [-0.05, 0) is 34.9 Å². The van der Waals surface area contributed by atoms with Crippen LogP contribution < -0.4 is 0 Å². The normalized spacial score (nSPS) is 11.6. The SMILES string of the molecule is Cc1nc(-c2cccs2)nc(SCc2ccc(C(C)(C)C)cc2)c1C(=O)O. The molecule has 0 amide bonds. The number of nitrogens with zero attached hydrogens (tertiary/aromatic N) is 2. The number of carboxylic acids is 1. The van der Waals surface area contributed by atoms with Crippen LogP contribution in [0.2, 0.25) is 0 Å². The minimum Gasteiger partial charge on any atom is -0.478 e. The van der Waals surface area contributed by atoms with Crippen LogP contribution in [0.15, 0.2) is 46.8 Å². The monoisotopic (exact) mass is 398 g/mol. The molecule has 0 saturated carbocycles. The van der Waals surface area contributed by atoms with Crippen molar-refractivity contribution in [3.63, 3.8) is 0 Å². The second-order valence-electron chi connectivity index (χ2n) is 7.33. The Kier molecular flexibility index (Phi) is 5.67. The van der Waals surface area contributed by atoms with E-state index in [9.17, 15) is 9.90 Å². The summed E-state index contributed by atoms with van der Waals surface area (Å²) in [5, 5.41) is 12.1. The van der Waals surface area contributed by atoms with E-state index in [0.717, 1.165) is 10.4 Å². The van der Waals surface area contributed by atoms with Crippen molar-refractivity contribution in [1.82, 2.24) is 9.97 Å². The minimum atomic E-state index is -0.990. The molecule has 0 unspecified atom stereocenters. The van der Waals surface area contributed by atoms with Gasteiger partial charge in [-0.3, -0.25) is 0 Å². The van der Waals surface area contributed by atoms with Crippen LogP contribution >= 0.6 is 23.1 Å². The summed E-state index contributed by atoms with van der Waals surface area (Å²) in [6.07, 6.45) is 0. The fourth-order valence-corrected chi connectivity index (χ4v) is 4.35. The molecule has 4 nitrogen and oxygen atoms in total. The smallest absolute Gasteiger partial charge is 0.340 e. The summed E-state index contributed by atoms with van der Waals surface area (Å²) in [7, 11) is 0. The second kappa shape index (κ2) is 7.82. The van der Waals surface area contributed by atoms with Crippen LogP contribution in [0, 0.1) is 6.92 Å². The van der Waals surface area contributed by atoms with Gasteiger partial charge in [-0.25, -0.2) is 14.8 Å². The van der Waals surface area contributed by atoms with Crippen molar-refractivity contribution < 1.29 is 9.90 Å².